The van der Waals surface area contributed by atoms with Crippen LogP contribution in [0.3, 0.4) is 0 Å². The van der Waals surface area contributed by atoms with E-state index < -0.39 is 5.82 Å². The van der Waals surface area contributed by atoms with Crippen molar-refractivity contribution in [3.05, 3.63) is 68.2 Å². The molecule has 2 aromatic heterocycles. The SMILES string of the molecule is Fc1cnc(OCc2ccc(Cl)cc2Cl)nc1NCc1cccs1. The fourth-order valence-corrected chi connectivity index (χ4v) is 3.02. The molecule has 4 nitrogen and oxygen atoms in total. The molecule has 0 bridgehead atoms. The number of ether oxygens (including phenoxy) is 1. The third-order valence-corrected chi connectivity index (χ3v) is 4.57. The second-order valence-electron chi connectivity index (χ2n) is 4.81. The van der Waals surface area contributed by atoms with Crippen molar-refractivity contribution in [3.8, 4) is 6.01 Å². The summed E-state index contributed by atoms with van der Waals surface area (Å²) < 4.78 is 19.3. The van der Waals surface area contributed by atoms with E-state index in [2.05, 4.69) is 15.3 Å². The van der Waals surface area contributed by atoms with Gasteiger partial charge in [-0.25, -0.2) is 9.37 Å². The number of rotatable bonds is 6. The maximum atomic E-state index is 13.8. The number of thiophene rings is 1. The first-order chi connectivity index (χ1) is 11.6. The summed E-state index contributed by atoms with van der Waals surface area (Å²) in [4.78, 5) is 8.95. The van der Waals surface area contributed by atoms with Crippen LogP contribution in [-0.2, 0) is 13.2 Å². The third-order valence-electron chi connectivity index (χ3n) is 3.10. The normalized spacial score (nSPS) is 10.6. The highest BCUT2D eigenvalue weighted by Crippen LogP contribution is 2.22. The average molecular weight is 384 g/mol. The van der Waals surface area contributed by atoms with Gasteiger partial charge in [0.1, 0.15) is 6.61 Å². The van der Waals surface area contributed by atoms with Gasteiger partial charge in [0, 0.05) is 20.5 Å². The predicted octanol–water partition coefficient (Wildman–Crippen LogP) is 5.18. The van der Waals surface area contributed by atoms with Crippen molar-refractivity contribution in [3.63, 3.8) is 0 Å². The quantitative estimate of drug-likeness (QED) is 0.637. The molecule has 0 amide bonds. The molecule has 1 aromatic carbocycles. The number of benzene rings is 1. The molecule has 0 spiro atoms. The Morgan fingerprint density at radius 1 is 1.25 bits per heavy atom. The van der Waals surface area contributed by atoms with Crippen LogP contribution in [0.5, 0.6) is 6.01 Å². The van der Waals surface area contributed by atoms with Crippen LogP contribution in [0, 0.1) is 5.82 Å². The molecule has 2 heterocycles. The molecule has 0 unspecified atom stereocenters. The van der Waals surface area contributed by atoms with Gasteiger partial charge in [-0.05, 0) is 23.6 Å². The maximum Gasteiger partial charge on any atom is 0.318 e. The van der Waals surface area contributed by atoms with Crippen molar-refractivity contribution in [1.29, 1.82) is 0 Å². The number of anilines is 1. The van der Waals surface area contributed by atoms with Gasteiger partial charge < -0.3 is 10.1 Å². The van der Waals surface area contributed by atoms with Gasteiger partial charge in [-0.2, -0.15) is 4.98 Å². The van der Waals surface area contributed by atoms with E-state index in [4.69, 9.17) is 27.9 Å². The topological polar surface area (TPSA) is 47.0 Å². The summed E-state index contributed by atoms with van der Waals surface area (Å²) in [7, 11) is 0. The lowest BCUT2D eigenvalue weighted by atomic mass is 10.2. The number of halogens is 3. The molecule has 124 valence electrons. The van der Waals surface area contributed by atoms with E-state index in [9.17, 15) is 4.39 Å². The van der Waals surface area contributed by atoms with Crippen molar-refractivity contribution in [1.82, 2.24) is 9.97 Å². The van der Waals surface area contributed by atoms with Crippen LogP contribution in [0.25, 0.3) is 0 Å². The second kappa shape index (κ2) is 7.79. The molecular formula is C16H12Cl2FN3OS. The molecule has 8 heteroatoms. The summed E-state index contributed by atoms with van der Waals surface area (Å²) in [5, 5.41) is 5.92. The molecule has 0 fully saturated rings. The molecular weight excluding hydrogens is 372 g/mol. The summed E-state index contributed by atoms with van der Waals surface area (Å²) in [6.07, 6.45) is 1.07. The Balaban J connectivity index is 1.66. The molecule has 0 aliphatic heterocycles. The highest BCUT2D eigenvalue weighted by Gasteiger charge is 2.09. The molecule has 0 saturated heterocycles. The summed E-state index contributed by atoms with van der Waals surface area (Å²) in [6.45, 7) is 0.639. The number of hydrogen-bond donors (Lipinski definition) is 1. The fourth-order valence-electron chi connectivity index (χ4n) is 1.91. The highest BCUT2D eigenvalue weighted by molar-refractivity contribution is 7.09. The van der Waals surface area contributed by atoms with Crippen molar-refractivity contribution >= 4 is 40.4 Å². The number of nitrogens with one attached hydrogen (secondary N) is 1. The van der Waals surface area contributed by atoms with E-state index in [1.807, 2.05) is 17.5 Å². The Morgan fingerprint density at radius 3 is 2.88 bits per heavy atom. The Labute approximate surface area is 152 Å². The minimum Gasteiger partial charge on any atom is -0.458 e. The largest absolute Gasteiger partial charge is 0.458 e. The molecule has 0 aliphatic rings. The van der Waals surface area contributed by atoms with E-state index in [1.165, 1.54) is 0 Å². The van der Waals surface area contributed by atoms with Crippen LogP contribution in [0.4, 0.5) is 10.2 Å². The first-order valence-corrected chi connectivity index (χ1v) is 8.61. The van der Waals surface area contributed by atoms with Crippen molar-refractivity contribution in [2.24, 2.45) is 0 Å². The van der Waals surface area contributed by atoms with Gasteiger partial charge in [-0.15, -0.1) is 11.3 Å². The van der Waals surface area contributed by atoms with Crippen LogP contribution in [0.1, 0.15) is 10.4 Å². The van der Waals surface area contributed by atoms with E-state index in [0.717, 1.165) is 16.6 Å². The van der Waals surface area contributed by atoms with Crippen molar-refractivity contribution in [2.75, 3.05) is 5.32 Å². The smallest absolute Gasteiger partial charge is 0.318 e. The van der Waals surface area contributed by atoms with E-state index >= 15 is 0 Å². The van der Waals surface area contributed by atoms with E-state index in [0.29, 0.717) is 16.6 Å². The van der Waals surface area contributed by atoms with Crippen molar-refractivity contribution < 1.29 is 9.13 Å². The monoisotopic (exact) mass is 383 g/mol. The van der Waals surface area contributed by atoms with Crippen LogP contribution in [0.2, 0.25) is 10.0 Å². The Hall–Kier alpha value is -1.89. The first-order valence-electron chi connectivity index (χ1n) is 6.97. The highest BCUT2D eigenvalue weighted by atomic mass is 35.5. The molecule has 1 N–H and O–H groups in total. The zero-order valence-corrected chi connectivity index (χ0v) is 14.6. The van der Waals surface area contributed by atoms with Gasteiger partial charge in [-0.3, -0.25) is 0 Å². The first kappa shape index (κ1) is 17.0. The van der Waals surface area contributed by atoms with Crippen LogP contribution in [0.15, 0.2) is 41.9 Å². The number of nitrogens with zero attached hydrogens (tertiary/aromatic N) is 2. The predicted molar refractivity (Wildman–Crippen MR) is 94.4 cm³/mol. The average Bonchev–Trinajstić information content (AvgIpc) is 3.07. The lowest BCUT2D eigenvalue weighted by Gasteiger charge is -2.09. The maximum absolute atomic E-state index is 13.8. The number of aromatic nitrogens is 2. The van der Waals surface area contributed by atoms with Gasteiger partial charge in [-0.1, -0.05) is 35.3 Å². The summed E-state index contributed by atoms with van der Waals surface area (Å²) >= 11 is 13.5. The fraction of sp³-hybridized carbons (Fsp3) is 0.125. The van der Waals surface area contributed by atoms with Crippen molar-refractivity contribution in [2.45, 2.75) is 13.2 Å². The molecule has 3 rings (SSSR count). The second-order valence-corrected chi connectivity index (χ2v) is 6.68. The van der Waals surface area contributed by atoms with Gasteiger partial charge in [0.15, 0.2) is 11.6 Å². The van der Waals surface area contributed by atoms with E-state index in [-0.39, 0.29) is 18.4 Å². The van der Waals surface area contributed by atoms with Gasteiger partial charge >= 0.3 is 6.01 Å². The summed E-state index contributed by atoms with van der Waals surface area (Å²) in [6, 6.07) is 9.05. The Kier molecular flexibility index (Phi) is 5.50. The lowest BCUT2D eigenvalue weighted by molar-refractivity contribution is 0.280. The minimum absolute atomic E-state index is 0.0658. The molecule has 24 heavy (non-hydrogen) atoms. The van der Waals surface area contributed by atoms with Crippen LogP contribution in [-0.4, -0.2) is 9.97 Å². The minimum atomic E-state index is -0.538. The van der Waals surface area contributed by atoms with E-state index in [1.54, 1.807) is 29.5 Å². The Morgan fingerprint density at radius 2 is 2.12 bits per heavy atom. The van der Waals surface area contributed by atoms with Crippen LogP contribution >= 0.6 is 34.5 Å². The third kappa shape index (κ3) is 4.35. The summed E-state index contributed by atoms with van der Waals surface area (Å²) in [5.41, 5.74) is 0.738. The molecule has 0 aliphatic carbocycles. The van der Waals surface area contributed by atoms with Gasteiger partial charge in [0.05, 0.1) is 12.7 Å². The Bertz CT molecular complexity index is 830. The molecule has 0 atom stereocenters. The molecule has 0 saturated carbocycles. The standard InChI is InChI=1S/C16H12Cl2FN3OS/c17-11-4-3-10(13(18)6-11)9-23-16-21-8-14(19)15(22-16)20-7-12-2-1-5-24-12/h1-6,8H,7,9H2,(H,20,21,22). The lowest BCUT2D eigenvalue weighted by Crippen LogP contribution is -2.06. The molecule has 3 aromatic rings. The number of hydrogen-bond acceptors (Lipinski definition) is 5. The summed E-state index contributed by atoms with van der Waals surface area (Å²) in [5.74, 6) is -0.445. The van der Waals surface area contributed by atoms with Gasteiger partial charge in [0.2, 0.25) is 0 Å². The van der Waals surface area contributed by atoms with Gasteiger partial charge in [0.25, 0.3) is 0 Å². The molecule has 0 radical (unpaired) electrons. The van der Waals surface area contributed by atoms with Crippen LogP contribution < -0.4 is 10.1 Å². The zero-order valence-electron chi connectivity index (χ0n) is 12.3. The zero-order chi connectivity index (χ0) is 16.9.